The van der Waals surface area contributed by atoms with E-state index in [1.807, 2.05) is 91.0 Å². The van der Waals surface area contributed by atoms with Crippen LogP contribution in [0.2, 0.25) is 0 Å². The number of aliphatic hydroxyl groups excluding tert-OH is 1. The zero-order valence-electron chi connectivity index (χ0n) is 36.2. The van der Waals surface area contributed by atoms with E-state index in [0.717, 1.165) is 22.3 Å². The molecule has 3 N–H and O–H groups in total. The van der Waals surface area contributed by atoms with E-state index in [9.17, 15) is 29.4 Å². The quantitative estimate of drug-likeness (QED) is 0.113. The molecule has 63 heavy (non-hydrogen) atoms. The zero-order chi connectivity index (χ0) is 44.7. The minimum atomic E-state index is -1.03. The first-order chi connectivity index (χ1) is 30.2. The number of phenolic OH excluding ortho intramolecular Hbond substituents is 1. The van der Waals surface area contributed by atoms with Gasteiger partial charge in [-0.3, -0.25) is 14.4 Å². The highest BCUT2D eigenvalue weighted by Crippen LogP contribution is 2.45. The van der Waals surface area contributed by atoms with E-state index in [4.69, 9.17) is 18.9 Å². The molecule has 0 unspecified atom stereocenters. The molecule has 4 aromatic rings. The Balaban J connectivity index is 1.13. The Kier molecular flexibility index (Phi) is 13.9. The number of benzene rings is 4. The molecule has 7 rings (SSSR count). The largest absolute Gasteiger partial charge is 0.508 e. The van der Waals surface area contributed by atoms with Crippen LogP contribution in [0, 0.1) is 0 Å². The van der Waals surface area contributed by atoms with E-state index in [1.165, 1.54) is 4.90 Å². The van der Waals surface area contributed by atoms with Crippen molar-refractivity contribution in [2.75, 3.05) is 13.7 Å². The summed E-state index contributed by atoms with van der Waals surface area (Å²) in [7, 11) is 1.55. The van der Waals surface area contributed by atoms with Crippen molar-refractivity contribution in [1.29, 1.82) is 0 Å². The third-order valence-electron chi connectivity index (χ3n) is 11.6. The number of aromatic hydroxyl groups is 1. The summed E-state index contributed by atoms with van der Waals surface area (Å²) in [5.41, 5.74) is 4.27. The SMILES string of the molecule is CN(C(=O)C1=C[C@H]2OC3(Cc4ccccc4C3)O[C@H]2[C@H](OC(=O)c2ccccc2C=CCc2ccccc2O)C1)[C@H](Cc1ccccc1)C(=O)N[C@H](CO)CCC(=O)OC(C)(C)C. The van der Waals surface area contributed by atoms with Crippen molar-refractivity contribution in [3.8, 4) is 5.75 Å². The number of ether oxygens (including phenoxy) is 4. The van der Waals surface area contributed by atoms with Crippen molar-refractivity contribution in [3.05, 3.63) is 154 Å². The molecule has 330 valence electrons. The normalized spacial score (nSPS) is 19.7. The van der Waals surface area contributed by atoms with Crippen LogP contribution in [0.5, 0.6) is 5.75 Å². The number of carbonyl (C=O) groups excluding carboxylic acids is 4. The second-order valence-electron chi connectivity index (χ2n) is 17.5. The summed E-state index contributed by atoms with van der Waals surface area (Å²) in [5, 5.41) is 23.4. The number of nitrogens with one attached hydrogen (secondary N) is 1. The first-order valence-electron chi connectivity index (χ1n) is 21.5. The van der Waals surface area contributed by atoms with Crippen molar-refractivity contribution in [2.24, 2.45) is 0 Å². The molecule has 1 saturated heterocycles. The maximum Gasteiger partial charge on any atom is 0.339 e. The molecule has 12 nitrogen and oxygen atoms in total. The van der Waals surface area contributed by atoms with Crippen LogP contribution < -0.4 is 5.32 Å². The first-order valence-corrected chi connectivity index (χ1v) is 21.5. The number of para-hydroxylation sites is 1. The minimum Gasteiger partial charge on any atom is -0.508 e. The van der Waals surface area contributed by atoms with Crippen LogP contribution in [0.3, 0.4) is 0 Å². The summed E-state index contributed by atoms with van der Waals surface area (Å²) in [5.74, 6) is -2.87. The number of fused-ring (bicyclic) bond motifs is 2. The fraction of sp³-hybridized carbons (Fsp3) is 0.373. The average Bonchev–Trinajstić information content (AvgIpc) is 3.82. The lowest BCUT2D eigenvalue weighted by Crippen LogP contribution is -2.53. The summed E-state index contributed by atoms with van der Waals surface area (Å²) in [6.45, 7) is 4.87. The number of amides is 2. The van der Waals surface area contributed by atoms with Crippen molar-refractivity contribution < 1.29 is 48.3 Å². The molecule has 3 aliphatic rings. The summed E-state index contributed by atoms with van der Waals surface area (Å²) >= 11 is 0. The van der Waals surface area contributed by atoms with Gasteiger partial charge in [0.05, 0.1) is 18.2 Å². The Bertz CT molecular complexity index is 2330. The fourth-order valence-electron chi connectivity index (χ4n) is 8.48. The molecule has 2 aliphatic carbocycles. The predicted molar refractivity (Wildman–Crippen MR) is 236 cm³/mol. The van der Waals surface area contributed by atoms with Gasteiger partial charge in [-0.25, -0.2) is 4.79 Å². The van der Waals surface area contributed by atoms with Crippen LogP contribution >= 0.6 is 0 Å². The van der Waals surface area contributed by atoms with Gasteiger partial charge in [-0.15, -0.1) is 0 Å². The van der Waals surface area contributed by atoms with Gasteiger partial charge in [0, 0.05) is 44.7 Å². The number of esters is 2. The van der Waals surface area contributed by atoms with Crippen molar-refractivity contribution in [1.82, 2.24) is 10.2 Å². The smallest absolute Gasteiger partial charge is 0.339 e. The van der Waals surface area contributed by atoms with E-state index >= 15 is 0 Å². The molecular formula is C51H56N2O10. The number of hydrogen-bond acceptors (Lipinski definition) is 10. The summed E-state index contributed by atoms with van der Waals surface area (Å²) in [6, 6.07) is 29.6. The van der Waals surface area contributed by atoms with E-state index < -0.39 is 72.1 Å². The molecule has 12 heteroatoms. The monoisotopic (exact) mass is 856 g/mol. The lowest BCUT2D eigenvalue weighted by Gasteiger charge is -2.34. The highest BCUT2D eigenvalue weighted by molar-refractivity contribution is 5.98. The molecule has 2 amide bonds. The minimum absolute atomic E-state index is 0.0113. The highest BCUT2D eigenvalue weighted by atomic mass is 16.8. The standard InChI is InChI=1S/C51H56N2O10/c1-50(2,3)62-45(56)26-25-39(32-54)52-47(57)41(27-33-15-6-5-7-16-33)53(4)48(58)38-28-43(46-44(29-38)61-51(63-46)30-36-19-8-9-20-37(36)31-51)60-49(59)40-23-12-10-17-34(40)21-14-22-35-18-11-13-24-42(35)55/h5-21,23-24,29,39,41,43-44,46,54-55H,22,25-28,30-32H2,1-4H3,(H,52,57)/t39-,41+,43+,44+,46-/m0/s1. The van der Waals surface area contributed by atoms with E-state index in [2.05, 4.69) is 5.32 Å². The van der Waals surface area contributed by atoms with E-state index in [-0.39, 0.29) is 37.0 Å². The molecule has 1 spiro atoms. The van der Waals surface area contributed by atoms with Gasteiger partial charge in [0.15, 0.2) is 5.79 Å². The molecule has 5 atom stereocenters. The van der Waals surface area contributed by atoms with Crippen molar-refractivity contribution >= 4 is 29.8 Å². The topological polar surface area (TPSA) is 161 Å². The Morgan fingerprint density at radius 1 is 0.905 bits per heavy atom. The Labute approximate surface area is 368 Å². The zero-order valence-corrected chi connectivity index (χ0v) is 36.2. The number of rotatable bonds is 15. The van der Waals surface area contributed by atoms with E-state index in [0.29, 0.717) is 30.4 Å². The molecule has 1 fully saturated rings. The van der Waals surface area contributed by atoms with Crippen LogP contribution in [-0.4, -0.2) is 94.3 Å². The maximum atomic E-state index is 14.7. The summed E-state index contributed by atoms with van der Waals surface area (Å²) in [6.07, 6.45) is 4.66. The number of hydrogen-bond donors (Lipinski definition) is 3. The van der Waals surface area contributed by atoms with Gasteiger partial charge >= 0.3 is 11.9 Å². The van der Waals surface area contributed by atoms with Crippen molar-refractivity contribution in [2.45, 2.75) is 108 Å². The predicted octanol–water partition coefficient (Wildman–Crippen LogP) is 6.45. The summed E-state index contributed by atoms with van der Waals surface area (Å²) < 4.78 is 25.2. The molecule has 1 heterocycles. The lowest BCUT2D eigenvalue weighted by atomic mass is 9.90. The number of nitrogens with zero attached hydrogens (tertiary/aromatic N) is 1. The van der Waals surface area contributed by atoms with Gasteiger partial charge in [-0.05, 0) is 79.6 Å². The van der Waals surface area contributed by atoms with Crippen molar-refractivity contribution in [3.63, 3.8) is 0 Å². The number of phenols is 1. The average molecular weight is 857 g/mol. The molecule has 0 bridgehead atoms. The highest BCUT2D eigenvalue weighted by Gasteiger charge is 2.55. The third kappa shape index (κ3) is 11.1. The van der Waals surface area contributed by atoms with Gasteiger partial charge < -0.3 is 39.4 Å². The first kappa shape index (κ1) is 45.0. The van der Waals surface area contributed by atoms with Gasteiger partial charge in [0.25, 0.3) is 0 Å². The molecule has 1 aliphatic heterocycles. The summed E-state index contributed by atoms with van der Waals surface area (Å²) in [4.78, 5) is 57.0. The van der Waals surface area contributed by atoms with Crippen LogP contribution in [0.25, 0.3) is 6.08 Å². The second kappa shape index (κ2) is 19.5. The number of carbonyl (C=O) groups is 4. The van der Waals surface area contributed by atoms with Crippen LogP contribution in [0.15, 0.2) is 121 Å². The second-order valence-corrected chi connectivity index (χ2v) is 17.5. The number of allylic oxidation sites excluding steroid dienone is 1. The molecule has 0 aromatic heterocycles. The van der Waals surface area contributed by atoms with Gasteiger partial charge in [0.1, 0.15) is 35.7 Å². The maximum absolute atomic E-state index is 14.7. The lowest BCUT2D eigenvalue weighted by molar-refractivity contribution is -0.172. The molecule has 0 radical (unpaired) electrons. The number of likely N-dealkylation sites (N-methyl/N-ethyl adjacent to an activating group) is 1. The van der Waals surface area contributed by atoms with Crippen LogP contribution in [0.1, 0.15) is 78.2 Å². The molecule has 4 aromatic carbocycles. The fourth-order valence-corrected chi connectivity index (χ4v) is 8.48. The molecular weight excluding hydrogens is 801 g/mol. The van der Waals surface area contributed by atoms with Gasteiger partial charge in [-0.1, -0.05) is 103 Å². The third-order valence-corrected chi connectivity index (χ3v) is 11.6. The van der Waals surface area contributed by atoms with Gasteiger partial charge in [-0.2, -0.15) is 0 Å². The van der Waals surface area contributed by atoms with Crippen LogP contribution in [-0.2, 0) is 59.0 Å². The Hall–Kier alpha value is -6.08. The Morgan fingerprint density at radius 2 is 1.57 bits per heavy atom. The van der Waals surface area contributed by atoms with Gasteiger partial charge in [0.2, 0.25) is 11.8 Å². The number of aliphatic hydroxyl groups is 1. The Morgan fingerprint density at radius 3 is 2.27 bits per heavy atom. The van der Waals surface area contributed by atoms with E-state index in [1.54, 1.807) is 58.2 Å². The molecule has 0 saturated carbocycles. The van der Waals surface area contributed by atoms with Crippen LogP contribution in [0.4, 0.5) is 0 Å².